The highest BCUT2D eigenvalue weighted by Crippen LogP contribution is 2.25. The fraction of sp³-hybridized carbons (Fsp3) is 0.218. The van der Waals surface area contributed by atoms with Crippen LogP contribution in [0, 0.1) is 20.2 Å². The number of carbonyl (C=O) groups is 1. The molecular weight excluding hydrogens is 961 g/mol. The zero-order valence-corrected chi connectivity index (χ0v) is 42.4. The number of fused-ring (bicyclic) bond motifs is 4. The van der Waals surface area contributed by atoms with Crippen LogP contribution in [-0.2, 0) is 19.6 Å². The van der Waals surface area contributed by atoms with Crippen molar-refractivity contribution >= 4 is 71.7 Å². The van der Waals surface area contributed by atoms with Crippen molar-refractivity contribution in [2.45, 2.75) is 19.6 Å². The Morgan fingerprint density at radius 2 is 0.920 bits per heavy atom. The number of anilines is 2. The molecule has 4 heterocycles. The van der Waals surface area contributed by atoms with Crippen molar-refractivity contribution in [1.82, 2.24) is 28.4 Å². The molecule has 0 bridgehead atoms. The average molecular weight is 1020 g/mol. The Bertz CT molecular complexity index is 3740. The molecule has 5 aromatic carbocycles. The van der Waals surface area contributed by atoms with Gasteiger partial charge in [0.2, 0.25) is 0 Å². The lowest BCUT2D eigenvalue weighted by Crippen LogP contribution is -2.26. The van der Waals surface area contributed by atoms with Gasteiger partial charge < -0.3 is 43.9 Å². The molecule has 1 amide bonds. The Morgan fingerprint density at radius 1 is 0.507 bits per heavy atom. The molecular formula is C55H58N10O10. The zero-order valence-electron chi connectivity index (χ0n) is 42.4. The minimum absolute atomic E-state index is 0.0247. The predicted octanol–water partition coefficient (Wildman–Crippen LogP) is 7.13. The van der Waals surface area contributed by atoms with Crippen LogP contribution < -0.4 is 33.4 Å². The number of nitro benzene ring substituents is 2. The first kappa shape index (κ1) is 55.2. The summed E-state index contributed by atoms with van der Waals surface area (Å²) in [5.41, 5.74) is 6.82. The third-order valence-electron chi connectivity index (χ3n) is 11.8. The maximum atomic E-state index is 12.7. The standard InChI is InChI=1S/C20H21N3O2.C13H15N3O3.C13H17N3O.C9H5NO4/c1-22(2)13-14-23-12-11-16-17(20(23)25)9-6-10-18(16)21-19(24)15-7-4-3-5-8-15;1-14(2)8-9-15-7-6-10-11(13(15)17)4-3-5-12(10)16(18)19;1-15(2)8-9-16-7-6-10-11(13(16)17)4-3-5-12(10)14;11-9-7-2-1-3-8(10(12)13)6(7)4-5-14-9/h3-12H,13-14H2,1-2H3,(H,21,24);3-7H,8-9H2,1-2H3;3-7H,8-9,14H2,1-2H3;1-5H. The molecule has 0 unspecified atom stereocenters. The van der Waals surface area contributed by atoms with Gasteiger partial charge in [0.05, 0.1) is 37.7 Å². The van der Waals surface area contributed by atoms with Gasteiger partial charge in [0, 0.05) is 108 Å². The molecule has 0 radical (unpaired) electrons. The van der Waals surface area contributed by atoms with E-state index in [1.54, 1.807) is 62.5 Å². The molecule has 20 heteroatoms. The number of pyridine rings is 3. The highest BCUT2D eigenvalue weighted by molar-refractivity contribution is 6.09. The maximum absolute atomic E-state index is 12.7. The molecule has 0 spiro atoms. The molecule has 0 aliphatic heterocycles. The van der Waals surface area contributed by atoms with Gasteiger partial charge in [0.15, 0.2) is 0 Å². The Morgan fingerprint density at radius 3 is 1.41 bits per heavy atom. The molecule has 388 valence electrons. The SMILES string of the molecule is CN(C)CCn1ccc2c(N)cccc2c1=O.CN(C)CCn1ccc2c(NC(=O)c3ccccc3)cccc2c1=O.CN(C)CCn1ccc2c([N+](=O)[O-])cccc2c1=O.O=c1occc2c([N+](=O)[O-])cccc12. The van der Waals surface area contributed by atoms with Gasteiger partial charge in [-0.15, -0.1) is 0 Å². The van der Waals surface area contributed by atoms with Crippen LogP contribution in [0.2, 0.25) is 0 Å². The van der Waals surface area contributed by atoms with Crippen molar-refractivity contribution in [3.63, 3.8) is 0 Å². The summed E-state index contributed by atoms with van der Waals surface area (Å²) in [7, 11) is 11.8. The van der Waals surface area contributed by atoms with Crippen LogP contribution in [0.3, 0.4) is 0 Å². The average Bonchev–Trinajstić information content (AvgIpc) is 3.39. The minimum Gasteiger partial charge on any atom is -0.431 e. The Balaban J connectivity index is 0.000000166. The van der Waals surface area contributed by atoms with Crippen LogP contribution in [0.1, 0.15) is 10.4 Å². The lowest BCUT2D eigenvalue weighted by molar-refractivity contribution is -0.383. The molecule has 4 aromatic heterocycles. The smallest absolute Gasteiger partial charge is 0.343 e. The van der Waals surface area contributed by atoms with E-state index in [1.807, 2.05) is 113 Å². The highest BCUT2D eigenvalue weighted by atomic mass is 16.6. The molecule has 0 fully saturated rings. The topological polar surface area (TPSA) is 247 Å². The number of amides is 1. The van der Waals surface area contributed by atoms with Crippen LogP contribution in [0.25, 0.3) is 43.1 Å². The number of rotatable bonds is 13. The van der Waals surface area contributed by atoms with E-state index in [2.05, 4.69) is 14.6 Å². The zero-order chi connectivity index (χ0) is 54.3. The second kappa shape index (κ2) is 25.5. The number of non-ortho nitro benzene ring substituents is 2. The largest absolute Gasteiger partial charge is 0.431 e. The lowest BCUT2D eigenvalue weighted by atomic mass is 10.1. The van der Waals surface area contributed by atoms with Gasteiger partial charge in [0.1, 0.15) is 0 Å². The van der Waals surface area contributed by atoms with Crippen LogP contribution in [-0.4, -0.2) is 106 Å². The molecule has 75 heavy (non-hydrogen) atoms. The minimum atomic E-state index is -0.564. The third kappa shape index (κ3) is 14.1. The summed E-state index contributed by atoms with van der Waals surface area (Å²) in [6.45, 7) is 4.24. The summed E-state index contributed by atoms with van der Waals surface area (Å²) < 4.78 is 9.60. The van der Waals surface area contributed by atoms with Crippen LogP contribution in [0.5, 0.6) is 0 Å². The van der Waals surface area contributed by atoms with E-state index >= 15 is 0 Å². The number of nitrogens with zero attached hydrogens (tertiary/aromatic N) is 8. The van der Waals surface area contributed by atoms with E-state index in [9.17, 15) is 44.2 Å². The number of nitrogens with two attached hydrogens (primary N) is 1. The first-order valence-electron chi connectivity index (χ1n) is 23.6. The van der Waals surface area contributed by atoms with Crippen molar-refractivity contribution in [2.75, 3.05) is 73.0 Å². The number of nitrogen functional groups attached to an aromatic ring is 1. The van der Waals surface area contributed by atoms with Crippen molar-refractivity contribution in [2.24, 2.45) is 0 Å². The number of carbonyl (C=O) groups excluding carboxylic acids is 1. The second-order valence-corrected chi connectivity index (χ2v) is 17.9. The van der Waals surface area contributed by atoms with E-state index in [0.717, 1.165) is 36.7 Å². The van der Waals surface area contributed by atoms with Gasteiger partial charge in [-0.2, -0.15) is 0 Å². The van der Waals surface area contributed by atoms with Crippen molar-refractivity contribution in [3.8, 4) is 0 Å². The normalized spacial score (nSPS) is 10.9. The van der Waals surface area contributed by atoms with Crippen molar-refractivity contribution in [1.29, 1.82) is 0 Å². The monoisotopic (exact) mass is 1020 g/mol. The Labute approximate surface area is 430 Å². The fourth-order valence-electron chi connectivity index (χ4n) is 7.76. The second-order valence-electron chi connectivity index (χ2n) is 17.9. The first-order valence-corrected chi connectivity index (χ1v) is 23.6. The maximum Gasteiger partial charge on any atom is 0.343 e. The molecule has 9 rings (SSSR count). The molecule has 20 nitrogen and oxygen atoms in total. The van der Waals surface area contributed by atoms with Gasteiger partial charge in [-0.05, 0) is 115 Å². The van der Waals surface area contributed by atoms with E-state index in [4.69, 9.17) is 5.73 Å². The van der Waals surface area contributed by atoms with Gasteiger partial charge >= 0.3 is 5.63 Å². The van der Waals surface area contributed by atoms with E-state index in [-0.39, 0.29) is 39.3 Å². The van der Waals surface area contributed by atoms with E-state index in [0.29, 0.717) is 63.5 Å². The molecule has 0 aliphatic rings. The van der Waals surface area contributed by atoms with E-state index < -0.39 is 15.5 Å². The predicted molar refractivity (Wildman–Crippen MR) is 295 cm³/mol. The number of benzene rings is 5. The number of likely N-dealkylation sites (N-methyl/N-ethyl adjacent to an activating group) is 3. The summed E-state index contributed by atoms with van der Waals surface area (Å²) in [5.74, 6) is -0.190. The third-order valence-corrected chi connectivity index (χ3v) is 11.8. The molecule has 3 N–H and O–H groups in total. The Kier molecular flexibility index (Phi) is 18.8. The van der Waals surface area contributed by atoms with Crippen LogP contribution in [0.4, 0.5) is 22.7 Å². The quantitative estimate of drug-likeness (QED) is 0.0663. The van der Waals surface area contributed by atoms with Crippen molar-refractivity contribution in [3.05, 3.63) is 220 Å². The molecule has 0 atom stereocenters. The van der Waals surface area contributed by atoms with Gasteiger partial charge in [-0.1, -0.05) is 42.5 Å². The van der Waals surface area contributed by atoms with Gasteiger partial charge in [0.25, 0.3) is 34.0 Å². The number of nitrogens with one attached hydrogen (secondary N) is 1. The number of hydrogen-bond acceptors (Lipinski definition) is 14. The molecule has 0 aliphatic carbocycles. The Hall–Kier alpha value is -9.11. The number of aromatic nitrogens is 3. The number of hydrogen-bond donors (Lipinski definition) is 2. The summed E-state index contributed by atoms with van der Waals surface area (Å²) in [4.78, 5) is 87.2. The molecule has 9 aromatic rings. The van der Waals surface area contributed by atoms with Gasteiger partial charge in [-0.25, -0.2) is 4.79 Å². The summed E-state index contributed by atoms with van der Waals surface area (Å²) >= 11 is 0. The fourth-order valence-corrected chi connectivity index (χ4v) is 7.76. The summed E-state index contributed by atoms with van der Waals surface area (Å²) in [6, 6.07) is 35.6. The first-order chi connectivity index (χ1) is 35.9. The lowest BCUT2D eigenvalue weighted by Gasteiger charge is -2.13. The summed E-state index contributed by atoms with van der Waals surface area (Å²) in [5, 5.41) is 28.6. The summed E-state index contributed by atoms with van der Waals surface area (Å²) in [6.07, 6.45) is 6.36. The van der Waals surface area contributed by atoms with E-state index in [1.165, 1.54) is 36.4 Å². The van der Waals surface area contributed by atoms with Crippen molar-refractivity contribution < 1.29 is 19.1 Å². The van der Waals surface area contributed by atoms with Crippen LogP contribution in [0.15, 0.2) is 176 Å². The molecule has 0 saturated carbocycles. The van der Waals surface area contributed by atoms with Crippen LogP contribution >= 0.6 is 0 Å². The highest BCUT2D eigenvalue weighted by Gasteiger charge is 2.15. The van der Waals surface area contributed by atoms with Gasteiger partial charge in [-0.3, -0.25) is 39.4 Å². The molecule has 0 saturated heterocycles. The number of nitro groups is 2.